The van der Waals surface area contributed by atoms with Crippen LogP contribution in [-0.4, -0.2) is 18.1 Å². The van der Waals surface area contributed by atoms with E-state index >= 15 is 0 Å². The van der Waals surface area contributed by atoms with Gasteiger partial charge in [-0.05, 0) is 20.3 Å². The van der Waals surface area contributed by atoms with E-state index in [4.69, 9.17) is 10.5 Å². The quantitative estimate of drug-likeness (QED) is 0.624. The van der Waals surface area contributed by atoms with Crippen molar-refractivity contribution in [3.63, 3.8) is 0 Å². The molecule has 0 unspecified atom stereocenters. The molecule has 0 radical (unpaired) electrons. The van der Waals surface area contributed by atoms with E-state index in [1.54, 1.807) is 6.92 Å². The van der Waals surface area contributed by atoms with Crippen LogP contribution in [0.1, 0.15) is 33.6 Å². The molecule has 0 aromatic heterocycles. The van der Waals surface area contributed by atoms with Crippen molar-refractivity contribution >= 4 is 5.97 Å². The van der Waals surface area contributed by atoms with E-state index in [1.165, 1.54) is 0 Å². The molecule has 0 rings (SSSR count). The molecule has 0 aromatic carbocycles. The van der Waals surface area contributed by atoms with Gasteiger partial charge in [0, 0.05) is 0 Å². The maximum absolute atomic E-state index is 10.9. The minimum atomic E-state index is -0.505. The van der Waals surface area contributed by atoms with Crippen molar-refractivity contribution in [2.75, 3.05) is 0 Å². The topological polar surface area (TPSA) is 52.3 Å². The lowest BCUT2D eigenvalue weighted by Gasteiger charge is -2.13. The van der Waals surface area contributed by atoms with Crippen LogP contribution in [0.15, 0.2) is 0 Å². The van der Waals surface area contributed by atoms with Gasteiger partial charge in [-0.25, -0.2) is 0 Å². The lowest BCUT2D eigenvalue weighted by molar-refractivity contribution is -0.149. The number of carbonyl (C=O) groups is 1. The normalized spacial score (nSPS) is 15.6. The average Bonchev–Trinajstić information content (AvgIpc) is 1.87. The van der Waals surface area contributed by atoms with Crippen LogP contribution in [-0.2, 0) is 9.53 Å². The van der Waals surface area contributed by atoms with E-state index in [0.717, 1.165) is 12.8 Å². The molecule has 0 heterocycles. The molecule has 0 saturated carbocycles. The molecule has 2 N–H and O–H groups in total. The highest BCUT2D eigenvalue weighted by molar-refractivity contribution is 5.75. The first-order valence-electron chi connectivity index (χ1n) is 4.04. The minimum Gasteiger partial charge on any atom is -0.462 e. The third-order valence-electron chi connectivity index (χ3n) is 1.38. The van der Waals surface area contributed by atoms with Crippen molar-refractivity contribution in [2.45, 2.75) is 45.8 Å². The van der Waals surface area contributed by atoms with Gasteiger partial charge in [0.2, 0.25) is 0 Å². The average molecular weight is 159 g/mol. The number of nitrogens with two attached hydrogens (primary N) is 1. The van der Waals surface area contributed by atoms with Crippen LogP contribution in [0.2, 0.25) is 0 Å². The maximum Gasteiger partial charge on any atom is 0.322 e. The van der Waals surface area contributed by atoms with Gasteiger partial charge in [-0.15, -0.1) is 0 Å². The molecule has 66 valence electrons. The zero-order valence-electron chi connectivity index (χ0n) is 7.46. The Morgan fingerprint density at radius 2 is 2.09 bits per heavy atom. The summed E-state index contributed by atoms with van der Waals surface area (Å²) < 4.78 is 4.99. The molecule has 11 heavy (non-hydrogen) atoms. The summed E-state index contributed by atoms with van der Waals surface area (Å²) in [5, 5.41) is 0. The summed E-state index contributed by atoms with van der Waals surface area (Å²) in [6, 6.07) is -0.505. The van der Waals surface area contributed by atoms with E-state index < -0.39 is 6.04 Å². The SMILES string of the molecule is CCC[C@H](C)OC(=O)[C@H](C)N. The fourth-order valence-corrected chi connectivity index (χ4v) is 0.771. The largest absolute Gasteiger partial charge is 0.462 e. The van der Waals surface area contributed by atoms with Crippen LogP contribution in [0.5, 0.6) is 0 Å². The van der Waals surface area contributed by atoms with Gasteiger partial charge in [0.25, 0.3) is 0 Å². The Labute approximate surface area is 67.9 Å². The molecular weight excluding hydrogens is 142 g/mol. The number of hydrogen-bond donors (Lipinski definition) is 1. The molecule has 0 aliphatic rings. The second-order valence-electron chi connectivity index (χ2n) is 2.82. The number of ether oxygens (including phenoxy) is 1. The summed E-state index contributed by atoms with van der Waals surface area (Å²) in [7, 11) is 0. The summed E-state index contributed by atoms with van der Waals surface area (Å²) >= 11 is 0. The van der Waals surface area contributed by atoms with Crippen LogP contribution in [0.3, 0.4) is 0 Å². The Morgan fingerprint density at radius 3 is 2.45 bits per heavy atom. The first kappa shape index (κ1) is 10.4. The molecule has 0 aromatic rings. The van der Waals surface area contributed by atoms with Crippen molar-refractivity contribution in [3.05, 3.63) is 0 Å². The van der Waals surface area contributed by atoms with Crippen LogP contribution >= 0.6 is 0 Å². The first-order valence-corrected chi connectivity index (χ1v) is 4.04. The third-order valence-corrected chi connectivity index (χ3v) is 1.38. The molecule has 0 amide bonds. The fraction of sp³-hybridized carbons (Fsp3) is 0.875. The minimum absolute atomic E-state index is 0.00139. The summed E-state index contributed by atoms with van der Waals surface area (Å²) in [6.45, 7) is 5.56. The van der Waals surface area contributed by atoms with Gasteiger partial charge in [-0.3, -0.25) is 4.79 Å². The smallest absolute Gasteiger partial charge is 0.322 e. The monoisotopic (exact) mass is 159 g/mol. The third kappa shape index (κ3) is 4.79. The van der Waals surface area contributed by atoms with Gasteiger partial charge in [0.1, 0.15) is 6.04 Å². The number of carbonyl (C=O) groups excluding carboxylic acids is 1. The Bertz CT molecular complexity index is 123. The van der Waals surface area contributed by atoms with Gasteiger partial charge in [-0.2, -0.15) is 0 Å². The number of esters is 1. The molecule has 0 bridgehead atoms. The van der Waals surface area contributed by atoms with E-state index in [2.05, 4.69) is 6.92 Å². The second kappa shape index (κ2) is 5.13. The number of hydrogen-bond acceptors (Lipinski definition) is 3. The molecule has 0 aliphatic heterocycles. The molecule has 3 heteroatoms. The Kier molecular flexibility index (Phi) is 4.86. The maximum atomic E-state index is 10.9. The summed E-state index contributed by atoms with van der Waals surface area (Å²) in [6.07, 6.45) is 1.92. The van der Waals surface area contributed by atoms with Crippen molar-refractivity contribution in [3.8, 4) is 0 Å². The van der Waals surface area contributed by atoms with Crippen molar-refractivity contribution < 1.29 is 9.53 Å². The fourth-order valence-electron chi connectivity index (χ4n) is 0.771. The van der Waals surface area contributed by atoms with Gasteiger partial charge in [0.15, 0.2) is 0 Å². The highest BCUT2D eigenvalue weighted by atomic mass is 16.5. The zero-order valence-corrected chi connectivity index (χ0v) is 7.46. The Morgan fingerprint density at radius 1 is 1.55 bits per heavy atom. The Hall–Kier alpha value is -0.570. The first-order chi connectivity index (χ1) is 5.07. The van der Waals surface area contributed by atoms with Crippen LogP contribution < -0.4 is 5.73 Å². The van der Waals surface area contributed by atoms with Gasteiger partial charge in [0.05, 0.1) is 6.10 Å². The summed E-state index contributed by atoms with van der Waals surface area (Å²) in [5.74, 6) is -0.314. The molecule has 0 spiro atoms. The zero-order chi connectivity index (χ0) is 8.85. The second-order valence-corrected chi connectivity index (χ2v) is 2.82. The lowest BCUT2D eigenvalue weighted by Crippen LogP contribution is -2.31. The molecule has 3 nitrogen and oxygen atoms in total. The highest BCUT2D eigenvalue weighted by Gasteiger charge is 2.11. The molecule has 0 aliphatic carbocycles. The summed E-state index contributed by atoms with van der Waals surface area (Å²) in [5.41, 5.74) is 5.31. The molecule has 0 fully saturated rings. The molecular formula is C8H17NO2. The van der Waals surface area contributed by atoms with Crippen molar-refractivity contribution in [1.29, 1.82) is 0 Å². The molecule has 0 saturated heterocycles. The van der Waals surface area contributed by atoms with E-state index in [-0.39, 0.29) is 12.1 Å². The van der Waals surface area contributed by atoms with Gasteiger partial charge < -0.3 is 10.5 Å². The van der Waals surface area contributed by atoms with Crippen LogP contribution in [0.25, 0.3) is 0 Å². The van der Waals surface area contributed by atoms with Gasteiger partial charge in [-0.1, -0.05) is 13.3 Å². The van der Waals surface area contributed by atoms with E-state index in [1.807, 2.05) is 6.92 Å². The standard InChI is InChI=1S/C8H17NO2/c1-4-5-6(2)11-8(10)7(3)9/h6-7H,4-5,9H2,1-3H3/t6-,7-/m0/s1. The van der Waals surface area contributed by atoms with Crippen molar-refractivity contribution in [1.82, 2.24) is 0 Å². The number of rotatable bonds is 4. The predicted molar refractivity (Wildman–Crippen MR) is 44.1 cm³/mol. The van der Waals surface area contributed by atoms with Gasteiger partial charge >= 0.3 is 5.97 Å². The summed E-state index contributed by atoms with van der Waals surface area (Å²) in [4.78, 5) is 10.9. The Balaban J connectivity index is 3.57. The van der Waals surface area contributed by atoms with Crippen LogP contribution in [0, 0.1) is 0 Å². The van der Waals surface area contributed by atoms with Crippen molar-refractivity contribution in [2.24, 2.45) is 5.73 Å². The van der Waals surface area contributed by atoms with Crippen LogP contribution in [0.4, 0.5) is 0 Å². The lowest BCUT2D eigenvalue weighted by atomic mass is 10.2. The predicted octanol–water partition coefficient (Wildman–Crippen LogP) is 1.07. The van der Waals surface area contributed by atoms with E-state index in [0.29, 0.717) is 0 Å². The molecule has 2 atom stereocenters. The highest BCUT2D eigenvalue weighted by Crippen LogP contribution is 2.01. The van der Waals surface area contributed by atoms with E-state index in [9.17, 15) is 4.79 Å².